The van der Waals surface area contributed by atoms with E-state index in [0.717, 1.165) is 23.4 Å². The molecule has 0 bridgehead atoms. The van der Waals surface area contributed by atoms with E-state index < -0.39 is 6.36 Å². The summed E-state index contributed by atoms with van der Waals surface area (Å²) in [7, 11) is 0. The third kappa shape index (κ3) is 5.95. The molecule has 1 heterocycles. The van der Waals surface area contributed by atoms with Gasteiger partial charge in [-0.15, -0.1) is 13.2 Å². The number of alkyl halides is 3. The van der Waals surface area contributed by atoms with Crippen LogP contribution in [0.3, 0.4) is 0 Å². The van der Waals surface area contributed by atoms with Crippen molar-refractivity contribution in [1.29, 1.82) is 5.26 Å². The Hall–Kier alpha value is -2.92. The van der Waals surface area contributed by atoms with Gasteiger partial charge in [0.15, 0.2) is 0 Å². The first-order valence-electron chi connectivity index (χ1n) is 10.5. The lowest BCUT2D eigenvalue weighted by Gasteiger charge is -2.43. The molecule has 3 aromatic rings. The van der Waals surface area contributed by atoms with Crippen molar-refractivity contribution in [2.45, 2.75) is 18.9 Å². The molecule has 1 atom stereocenters. The topological polar surface area (TPSA) is 39.5 Å². The molecule has 4 nitrogen and oxygen atoms in total. The predicted octanol–water partition coefficient (Wildman–Crippen LogP) is 6.83. The van der Waals surface area contributed by atoms with E-state index in [1.165, 1.54) is 12.1 Å². The Bertz CT molecular complexity index is 1180. The second kappa shape index (κ2) is 10.1. The molecule has 4 rings (SSSR count). The molecular formula is C25H20Cl2F3N3O. The number of hydrogen-bond acceptors (Lipinski definition) is 4. The number of nitriles is 1. The maximum Gasteiger partial charge on any atom is 0.573 e. The van der Waals surface area contributed by atoms with Gasteiger partial charge in [-0.2, -0.15) is 5.26 Å². The van der Waals surface area contributed by atoms with Crippen LogP contribution in [0.25, 0.3) is 0 Å². The monoisotopic (exact) mass is 505 g/mol. The van der Waals surface area contributed by atoms with Gasteiger partial charge in [0.05, 0.1) is 28.4 Å². The Morgan fingerprint density at radius 3 is 2.29 bits per heavy atom. The summed E-state index contributed by atoms with van der Waals surface area (Å²) in [6.07, 6.45) is -4.74. The highest BCUT2D eigenvalue weighted by Crippen LogP contribution is 2.37. The van der Waals surface area contributed by atoms with Crippen molar-refractivity contribution < 1.29 is 17.9 Å². The summed E-state index contributed by atoms with van der Waals surface area (Å²) < 4.78 is 41.8. The fraction of sp³-hybridized carbons (Fsp3) is 0.240. The molecule has 9 heteroatoms. The third-order valence-corrected chi connectivity index (χ3v) is 6.21. The maximum atomic E-state index is 12.6. The highest BCUT2D eigenvalue weighted by molar-refractivity contribution is 6.36. The first kappa shape index (κ1) is 24.2. The van der Waals surface area contributed by atoms with Crippen molar-refractivity contribution in [2.75, 3.05) is 24.5 Å². The lowest BCUT2D eigenvalue weighted by Crippen LogP contribution is -2.48. The van der Waals surface area contributed by atoms with Crippen LogP contribution in [0.4, 0.5) is 18.9 Å². The van der Waals surface area contributed by atoms with Crippen LogP contribution in [0.2, 0.25) is 10.0 Å². The SMILES string of the molecule is N#Cc1ccc(CN2CCN(c3ccc(Cl)cc3Cl)C(c3ccc(OC(F)(F)F)cc3)C2)cc1. The summed E-state index contributed by atoms with van der Waals surface area (Å²) in [6.45, 7) is 2.71. The van der Waals surface area contributed by atoms with Gasteiger partial charge >= 0.3 is 6.36 Å². The normalized spacial score (nSPS) is 16.8. The third-order valence-electron chi connectivity index (χ3n) is 5.67. The van der Waals surface area contributed by atoms with Crippen LogP contribution < -0.4 is 9.64 Å². The number of benzene rings is 3. The minimum absolute atomic E-state index is 0.161. The Morgan fingerprint density at radius 2 is 1.68 bits per heavy atom. The standard InChI is InChI=1S/C25H20Cl2F3N3O/c26-20-7-10-23(22(27)13-20)33-12-11-32(15-18-3-1-17(14-31)2-4-18)16-24(33)19-5-8-21(9-6-19)34-25(28,29)30/h1-10,13,24H,11-12,15-16H2. The second-order valence-electron chi connectivity index (χ2n) is 7.97. The summed E-state index contributed by atoms with van der Waals surface area (Å²) in [4.78, 5) is 4.42. The van der Waals surface area contributed by atoms with Crippen LogP contribution in [-0.2, 0) is 6.54 Å². The van der Waals surface area contributed by atoms with Gasteiger partial charge in [0.1, 0.15) is 5.75 Å². The lowest BCUT2D eigenvalue weighted by atomic mass is 10.0. The molecule has 1 aliphatic heterocycles. The van der Waals surface area contributed by atoms with Crippen molar-refractivity contribution in [3.05, 3.63) is 93.5 Å². The van der Waals surface area contributed by atoms with Crippen LogP contribution >= 0.6 is 23.2 Å². The lowest BCUT2D eigenvalue weighted by molar-refractivity contribution is -0.274. The van der Waals surface area contributed by atoms with Crippen LogP contribution in [-0.4, -0.2) is 30.9 Å². The number of piperazine rings is 1. The molecule has 0 N–H and O–H groups in total. The van der Waals surface area contributed by atoms with Crippen LogP contribution in [0, 0.1) is 11.3 Å². The van der Waals surface area contributed by atoms with Crippen LogP contribution in [0.5, 0.6) is 5.75 Å². The van der Waals surface area contributed by atoms with Gasteiger partial charge in [0.25, 0.3) is 0 Å². The molecule has 1 fully saturated rings. The highest BCUT2D eigenvalue weighted by atomic mass is 35.5. The van der Waals surface area contributed by atoms with Crippen molar-refractivity contribution in [1.82, 2.24) is 4.90 Å². The van der Waals surface area contributed by atoms with Gasteiger partial charge in [-0.25, -0.2) is 0 Å². The fourth-order valence-electron chi connectivity index (χ4n) is 4.11. The minimum atomic E-state index is -4.74. The van der Waals surface area contributed by atoms with E-state index in [9.17, 15) is 13.2 Å². The molecule has 1 aliphatic rings. The van der Waals surface area contributed by atoms with E-state index >= 15 is 0 Å². The van der Waals surface area contributed by atoms with Crippen LogP contribution in [0.15, 0.2) is 66.7 Å². The summed E-state index contributed by atoms with van der Waals surface area (Å²) in [5.41, 5.74) is 3.32. The average Bonchev–Trinajstić information content (AvgIpc) is 2.79. The van der Waals surface area contributed by atoms with Crippen molar-refractivity contribution in [2.24, 2.45) is 0 Å². The first-order chi connectivity index (χ1) is 16.2. The van der Waals surface area contributed by atoms with Gasteiger partial charge in [-0.1, -0.05) is 47.5 Å². The molecule has 0 aliphatic carbocycles. The van der Waals surface area contributed by atoms with Crippen molar-refractivity contribution >= 4 is 28.9 Å². The summed E-state index contributed by atoms with van der Waals surface area (Å²) in [5.74, 6) is -0.266. The predicted molar refractivity (Wildman–Crippen MR) is 126 cm³/mol. The number of rotatable bonds is 5. The van der Waals surface area contributed by atoms with Gasteiger partial charge < -0.3 is 9.64 Å². The zero-order chi connectivity index (χ0) is 24.3. The number of ether oxygens (including phenoxy) is 1. The van der Waals surface area contributed by atoms with E-state index in [1.807, 2.05) is 18.2 Å². The Balaban J connectivity index is 1.60. The van der Waals surface area contributed by atoms with Crippen molar-refractivity contribution in [3.8, 4) is 11.8 Å². The summed E-state index contributed by atoms with van der Waals surface area (Å²) >= 11 is 12.6. The second-order valence-corrected chi connectivity index (χ2v) is 8.81. The van der Waals surface area contributed by atoms with E-state index in [-0.39, 0.29) is 11.8 Å². The Labute approximate surface area is 205 Å². The number of halogens is 5. The van der Waals surface area contributed by atoms with E-state index in [1.54, 1.807) is 36.4 Å². The zero-order valence-corrected chi connectivity index (χ0v) is 19.4. The van der Waals surface area contributed by atoms with E-state index in [0.29, 0.717) is 35.2 Å². The van der Waals surface area contributed by atoms with Gasteiger partial charge in [-0.05, 0) is 53.6 Å². The highest BCUT2D eigenvalue weighted by Gasteiger charge is 2.32. The molecule has 0 amide bonds. The molecular weight excluding hydrogens is 486 g/mol. The van der Waals surface area contributed by atoms with E-state index in [4.69, 9.17) is 28.5 Å². The average molecular weight is 506 g/mol. The maximum absolute atomic E-state index is 12.6. The molecule has 0 aromatic heterocycles. The zero-order valence-electron chi connectivity index (χ0n) is 17.9. The smallest absolute Gasteiger partial charge is 0.406 e. The number of nitrogens with zero attached hydrogens (tertiary/aromatic N) is 3. The molecule has 0 radical (unpaired) electrons. The quantitative estimate of drug-likeness (QED) is 0.381. The van der Waals surface area contributed by atoms with Gasteiger partial charge in [0, 0.05) is 31.2 Å². The molecule has 34 heavy (non-hydrogen) atoms. The fourth-order valence-corrected chi connectivity index (χ4v) is 4.62. The van der Waals surface area contributed by atoms with Gasteiger partial charge in [0.2, 0.25) is 0 Å². The molecule has 0 saturated carbocycles. The Kier molecular flexibility index (Phi) is 7.22. The van der Waals surface area contributed by atoms with Gasteiger partial charge in [-0.3, -0.25) is 4.90 Å². The number of hydrogen-bond donors (Lipinski definition) is 0. The molecule has 176 valence electrons. The minimum Gasteiger partial charge on any atom is -0.406 e. The molecule has 3 aromatic carbocycles. The van der Waals surface area contributed by atoms with Crippen LogP contribution in [0.1, 0.15) is 22.7 Å². The van der Waals surface area contributed by atoms with Crippen molar-refractivity contribution in [3.63, 3.8) is 0 Å². The van der Waals surface area contributed by atoms with E-state index in [2.05, 4.69) is 20.6 Å². The molecule has 0 spiro atoms. The first-order valence-corrected chi connectivity index (χ1v) is 11.3. The summed E-state index contributed by atoms with van der Waals surface area (Å²) in [5, 5.41) is 10.0. The largest absolute Gasteiger partial charge is 0.573 e. The number of anilines is 1. The summed E-state index contributed by atoms with van der Waals surface area (Å²) in [6, 6.07) is 20.6. The molecule has 1 unspecified atom stereocenters. The molecule has 1 saturated heterocycles. The Morgan fingerprint density at radius 1 is 0.971 bits per heavy atom.